The third-order valence-electron chi connectivity index (χ3n) is 2.11. The van der Waals surface area contributed by atoms with Gasteiger partial charge in [0.25, 0.3) is 0 Å². The van der Waals surface area contributed by atoms with Crippen LogP contribution in [0.3, 0.4) is 0 Å². The van der Waals surface area contributed by atoms with Gasteiger partial charge >= 0.3 is 12.1 Å². The van der Waals surface area contributed by atoms with Crippen molar-refractivity contribution in [2.45, 2.75) is 31.4 Å². The van der Waals surface area contributed by atoms with E-state index in [9.17, 15) is 26.2 Å². The van der Waals surface area contributed by atoms with E-state index in [-0.39, 0.29) is 5.75 Å². The van der Waals surface area contributed by atoms with Crippen LogP contribution in [0.4, 0.5) is 22.0 Å². The Kier molecular flexibility index (Phi) is 7.15. The van der Waals surface area contributed by atoms with Crippen molar-refractivity contribution in [3.05, 3.63) is 0 Å². The summed E-state index contributed by atoms with van der Waals surface area (Å²) in [7, 11) is 0.124. The molecule has 0 aliphatic heterocycles. The Morgan fingerprint density at radius 1 is 1.06 bits per heavy atom. The Balaban J connectivity index is 3.84. The number of halogens is 5. The number of hydrogen-bond donors (Lipinski definition) is 1. The first-order valence-electron chi connectivity index (χ1n) is 5.15. The molecule has 1 unspecified atom stereocenters. The van der Waals surface area contributed by atoms with Crippen LogP contribution in [0.25, 0.3) is 0 Å². The van der Waals surface area contributed by atoms with E-state index >= 15 is 0 Å². The zero-order chi connectivity index (χ0) is 13.5. The third-order valence-corrected chi connectivity index (χ3v) is 3.51. The molecule has 0 saturated carbocycles. The van der Waals surface area contributed by atoms with E-state index < -0.39 is 35.1 Å². The Hall–Kier alpha value is -0.240. The van der Waals surface area contributed by atoms with Crippen molar-refractivity contribution < 1.29 is 26.2 Å². The van der Waals surface area contributed by atoms with Crippen LogP contribution < -0.4 is 5.32 Å². The van der Waals surface area contributed by atoms with Gasteiger partial charge in [0, 0.05) is 28.7 Å². The van der Waals surface area contributed by atoms with Gasteiger partial charge in [-0.3, -0.25) is 4.21 Å². The molecule has 0 radical (unpaired) electrons. The van der Waals surface area contributed by atoms with E-state index in [0.29, 0.717) is 13.0 Å². The number of hydrogen-bond acceptors (Lipinski definition) is 2. The first-order chi connectivity index (χ1) is 7.70. The summed E-state index contributed by atoms with van der Waals surface area (Å²) in [5.74, 6) is -5.20. The molecule has 0 aromatic rings. The highest BCUT2D eigenvalue weighted by Gasteiger charge is 2.56. The number of alkyl halides is 5. The van der Waals surface area contributed by atoms with E-state index in [0.717, 1.165) is 6.42 Å². The van der Waals surface area contributed by atoms with Crippen LogP contribution in [0.2, 0.25) is 0 Å². The molecule has 0 heterocycles. The van der Waals surface area contributed by atoms with Gasteiger partial charge in [0.2, 0.25) is 0 Å². The summed E-state index contributed by atoms with van der Waals surface area (Å²) in [4.78, 5) is 0. The second kappa shape index (κ2) is 7.25. The fourth-order valence-electron chi connectivity index (χ4n) is 1.05. The lowest BCUT2D eigenvalue weighted by molar-refractivity contribution is -0.282. The highest BCUT2D eigenvalue weighted by molar-refractivity contribution is 7.84. The molecule has 0 fully saturated rings. The minimum Gasteiger partial charge on any atom is -0.320 e. The second-order valence-corrected chi connectivity index (χ2v) is 5.31. The van der Waals surface area contributed by atoms with Crippen molar-refractivity contribution in [2.24, 2.45) is 0 Å². The average molecular weight is 281 g/mol. The molecule has 0 rings (SSSR count). The van der Waals surface area contributed by atoms with Crippen molar-refractivity contribution in [3.8, 4) is 0 Å². The highest BCUT2D eigenvalue weighted by Crippen LogP contribution is 2.37. The predicted molar refractivity (Wildman–Crippen MR) is 56.7 cm³/mol. The topological polar surface area (TPSA) is 29.1 Å². The maximum atomic E-state index is 12.5. The lowest BCUT2D eigenvalue weighted by atomic mass is 10.2. The van der Waals surface area contributed by atoms with E-state index in [2.05, 4.69) is 5.32 Å². The number of rotatable bonds is 8. The standard InChI is InChI=1S/C9H16F5NOS/c1-15-5-2-3-6-17(16)7-4-8(10,11)9(12,13)14/h15H,2-7H2,1H3. The Bertz CT molecular complexity index is 244. The molecule has 0 aliphatic rings. The van der Waals surface area contributed by atoms with Crippen LogP contribution in [0.1, 0.15) is 19.3 Å². The van der Waals surface area contributed by atoms with Crippen LogP contribution in [-0.2, 0) is 10.8 Å². The summed E-state index contributed by atoms with van der Waals surface area (Å²) in [6, 6.07) is 0. The SMILES string of the molecule is CNCCCCS(=O)CCC(F)(F)C(F)(F)F. The van der Waals surface area contributed by atoms with Crippen LogP contribution in [-0.4, -0.2) is 41.4 Å². The zero-order valence-corrected chi connectivity index (χ0v) is 10.3. The third kappa shape index (κ3) is 6.92. The lowest BCUT2D eigenvalue weighted by Gasteiger charge is -2.18. The molecule has 0 bridgehead atoms. The molecule has 0 aliphatic carbocycles. The van der Waals surface area contributed by atoms with Crippen LogP contribution in [0.5, 0.6) is 0 Å². The molecule has 8 heteroatoms. The molecular weight excluding hydrogens is 265 g/mol. The molecule has 0 spiro atoms. The fourth-order valence-corrected chi connectivity index (χ4v) is 2.26. The Morgan fingerprint density at radius 2 is 1.65 bits per heavy atom. The predicted octanol–water partition coefficient (Wildman–Crippen LogP) is 2.32. The molecule has 1 atom stereocenters. The van der Waals surface area contributed by atoms with Crippen LogP contribution in [0, 0.1) is 0 Å². The molecule has 0 aromatic heterocycles. The van der Waals surface area contributed by atoms with E-state index in [1.54, 1.807) is 7.05 Å². The minimum absolute atomic E-state index is 0.162. The van der Waals surface area contributed by atoms with Gasteiger partial charge in [-0.15, -0.1) is 0 Å². The Labute approximate surface area is 99.4 Å². The van der Waals surface area contributed by atoms with Gasteiger partial charge in [0.1, 0.15) is 0 Å². The summed E-state index contributed by atoms with van der Waals surface area (Å²) < 4.78 is 71.4. The fraction of sp³-hybridized carbons (Fsp3) is 1.00. The lowest BCUT2D eigenvalue weighted by Crippen LogP contribution is -2.37. The van der Waals surface area contributed by atoms with Crippen LogP contribution in [0.15, 0.2) is 0 Å². The van der Waals surface area contributed by atoms with Gasteiger partial charge in [0.15, 0.2) is 0 Å². The van der Waals surface area contributed by atoms with Gasteiger partial charge in [0.05, 0.1) is 0 Å². The highest BCUT2D eigenvalue weighted by atomic mass is 32.2. The van der Waals surface area contributed by atoms with Crippen molar-refractivity contribution >= 4 is 10.8 Å². The maximum absolute atomic E-state index is 12.5. The van der Waals surface area contributed by atoms with Crippen molar-refractivity contribution in [1.82, 2.24) is 5.32 Å². The van der Waals surface area contributed by atoms with Crippen molar-refractivity contribution in [2.75, 3.05) is 25.1 Å². The molecule has 1 N–H and O–H groups in total. The van der Waals surface area contributed by atoms with Gasteiger partial charge in [-0.2, -0.15) is 22.0 Å². The largest absolute Gasteiger partial charge is 0.453 e. The van der Waals surface area contributed by atoms with E-state index in [1.165, 1.54) is 0 Å². The second-order valence-electron chi connectivity index (χ2n) is 3.61. The van der Waals surface area contributed by atoms with Crippen LogP contribution >= 0.6 is 0 Å². The molecule has 2 nitrogen and oxygen atoms in total. The first-order valence-corrected chi connectivity index (χ1v) is 6.63. The summed E-state index contributed by atoms with van der Waals surface area (Å²) in [6.45, 7) is 0.704. The average Bonchev–Trinajstić information content (AvgIpc) is 2.20. The minimum atomic E-state index is -5.55. The van der Waals surface area contributed by atoms with Crippen molar-refractivity contribution in [3.63, 3.8) is 0 Å². The molecular formula is C9H16F5NOS. The maximum Gasteiger partial charge on any atom is 0.453 e. The molecule has 0 amide bonds. The van der Waals surface area contributed by atoms with Crippen molar-refractivity contribution in [1.29, 1.82) is 0 Å². The van der Waals surface area contributed by atoms with Gasteiger partial charge < -0.3 is 5.32 Å². The molecule has 17 heavy (non-hydrogen) atoms. The normalized spacial score (nSPS) is 14.9. The Morgan fingerprint density at radius 3 is 2.12 bits per heavy atom. The molecule has 0 saturated heterocycles. The quantitative estimate of drug-likeness (QED) is 0.546. The van der Waals surface area contributed by atoms with Gasteiger partial charge in [-0.05, 0) is 26.4 Å². The van der Waals surface area contributed by atoms with E-state index in [4.69, 9.17) is 0 Å². The van der Waals surface area contributed by atoms with Gasteiger partial charge in [-0.1, -0.05) is 0 Å². The summed E-state index contributed by atoms with van der Waals surface area (Å²) in [5.41, 5.74) is 0. The summed E-state index contributed by atoms with van der Waals surface area (Å²) in [5, 5.41) is 2.85. The number of nitrogens with one attached hydrogen (secondary N) is 1. The first kappa shape index (κ1) is 16.8. The monoisotopic (exact) mass is 281 g/mol. The number of unbranched alkanes of at least 4 members (excludes halogenated alkanes) is 1. The zero-order valence-electron chi connectivity index (χ0n) is 9.45. The molecule has 104 valence electrons. The smallest absolute Gasteiger partial charge is 0.320 e. The van der Waals surface area contributed by atoms with Gasteiger partial charge in [-0.25, -0.2) is 0 Å². The molecule has 0 aromatic carbocycles. The summed E-state index contributed by atoms with van der Waals surface area (Å²) in [6.07, 6.45) is -5.69. The summed E-state index contributed by atoms with van der Waals surface area (Å²) >= 11 is 0. The van der Waals surface area contributed by atoms with E-state index in [1.807, 2.05) is 0 Å².